The van der Waals surface area contributed by atoms with Crippen LogP contribution in [0.3, 0.4) is 0 Å². The standard InChI is InChI=1S/C51H36N2O.C27H21NO.C24H16BrN/c1-51(2)43-18-9-6-15-38(43)39-29-28-37(32-44(39)51)52(47-20-12-22-49-50(47)41-17-8-11-21-48(41)54-49)36-26-23-33(24-27-36)34-25-30-46-42(31-34)40-16-7-10-19-45(40)53(46)35-13-4-3-5-14-35;1-27(2)21-10-5-3-8-18(21)19-15-14-17(16-22(19)27)28-23-11-7-13-25-26(23)20-9-4-6-12-24(20)29-25;25-19-13-10-17(11-14-19)18-12-15-24-22(16-18)21-8-4-5-9-23(21)26(24)20-6-2-1-3-7-20/h3-32H,1-2H3;3-16,28H,1-2H3;1-16H. The Morgan fingerprint density at radius 2 is 0.706 bits per heavy atom. The van der Waals surface area contributed by atoms with Crippen LogP contribution in [0.25, 0.3) is 143 Å². The first kappa shape index (κ1) is 65.3. The van der Waals surface area contributed by atoms with Crippen molar-refractivity contribution < 1.29 is 8.83 Å². The van der Waals surface area contributed by atoms with E-state index in [1.165, 1.54) is 122 Å². The molecule has 2 aliphatic rings. The number of nitrogens with one attached hydrogen (secondary N) is 1. The average Bonchev–Trinajstić information content (AvgIpc) is 1.61. The predicted molar refractivity (Wildman–Crippen MR) is 461 cm³/mol. The highest BCUT2D eigenvalue weighted by Crippen LogP contribution is 2.53. The highest BCUT2D eigenvalue weighted by molar-refractivity contribution is 9.10. The maximum absolute atomic E-state index is 6.41. The molecular formula is C102H73BrN4O2. The summed E-state index contributed by atoms with van der Waals surface area (Å²) in [7, 11) is 0. The van der Waals surface area contributed by atoms with Crippen molar-refractivity contribution in [1.29, 1.82) is 0 Å². The number of halogens is 1. The Balaban J connectivity index is 0.000000119. The van der Waals surface area contributed by atoms with E-state index in [4.69, 9.17) is 8.83 Å². The molecule has 0 aliphatic heterocycles. The molecule has 0 atom stereocenters. The fourth-order valence-electron chi connectivity index (χ4n) is 17.5. The molecule has 0 bridgehead atoms. The Hall–Kier alpha value is -13.2. The van der Waals surface area contributed by atoms with Gasteiger partial charge in [-0.2, -0.15) is 0 Å². The lowest BCUT2D eigenvalue weighted by Crippen LogP contribution is -2.16. The smallest absolute Gasteiger partial charge is 0.137 e. The van der Waals surface area contributed by atoms with E-state index in [2.05, 4.69) is 397 Å². The Bertz CT molecular complexity index is 6960. The number of para-hydroxylation sites is 6. The van der Waals surface area contributed by atoms with Crippen LogP contribution in [0.5, 0.6) is 0 Å². The van der Waals surface area contributed by atoms with E-state index in [1.807, 2.05) is 30.3 Å². The molecule has 22 rings (SSSR count). The van der Waals surface area contributed by atoms with Gasteiger partial charge >= 0.3 is 0 Å². The molecule has 520 valence electrons. The van der Waals surface area contributed by atoms with Crippen molar-refractivity contribution in [1.82, 2.24) is 9.13 Å². The highest BCUT2D eigenvalue weighted by atomic mass is 79.9. The summed E-state index contributed by atoms with van der Waals surface area (Å²) < 4.78 is 18.3. The molecule has 0 saturated heterocycles. The molecule has 20 aromatic rings. The summed E-state index contributed by atoms with van der Waals surface area (Å²) in [6.07, 6.45) is 0. The number of benzene rings is 16. The summed E-state index contributed by atoms with van der Waals surface area (Å²) in [6.45, 7) is 9.31. The Kier molecular flexibility index (Phi) is 15.6. The van der Waals surface area contributed by atoms with Gasteiger partial charge in [-0.1, -0.05) is 262 Å². The van der Waals surface area contributed by atoms with Gasteiger partial charge in [-0.15, -0.1) is 0 Å². The molecule has 6 nitrogen and oxygen atoms in total. The third-order valence-corrected chi connectivity index (χ3v) is 23.3. The first-order chi connectivity index (χ1) is 53.5. The van der Waals surface area contributed by atoms with Gasteiger partial charge in [0.05, 0.1) is 44.2 Å². The zero-order chi connectivity index (χ0) is 73.1. The van der Waals surface area contributed by atoms with Crippen LogP contribution in [0, 0.1) is 0 Å². The minimum atomic E-state index is -0.117. The average molecular weight is 1470 g/mol. The monoisotopic (exact) mass is 1460 g/mol. The second kappa shape index (κ2) is 26.1. The number of nitrogens with zero attached hydrogens (tertiary/aromatic N) is 3. The van der Waals surface area contributed by atoms with Crippen LogP contribution in [-0.4, -0.2) is 9.13 Å². The van der Waals surface area contributed by atoms with Crippen molar-refractivity contribution >= 4 is 132 Å². The molecule has 4 aromatic heterocycles. The molecule has 0 radical (unpaired) electrons. The third-order valence-electron chi connectivity index (χ3n) is 22.7. The summed E-state index contributed by atoms with van der Waals surface area (Å²) in [5, 5.41) is 13.2. The minimum Gasteiger partial charge on any atom is -0.456 e. The number of rotatable bonds is 9. The number of fused-ring (bicyclic) bond motifs is 18. The summed E-state index contributed by atoms with van der Waals surface area (Å²) in [5.41, 5.74) is 31.8. The van der Waals surface area contributed by atoms with Gasteiger partial charge in [-0.25, -0.2) is 0 Å². The van der Waals surface area contributed by atoms with Crippen LogP contribution in [0.15, 0.2) is 377 Å². The largest absolute Gasteiger partial charge is 0.456 e. The molecular weight excluding hydrogens is 1390 g/mol. The number of hydrogen-bond acceptors (Lipinski definition) is 4. The van der Waals surface area contributed by atoms with Crippen molar-refractivity contribution in [3.63, 3.8) is 0 Å². The van der Waals surface area contributed by atoms with Gasteiger partial charge in [0.2, 0.25) is 0 Å². The van der Waals surface area contributed by atoms with Gasteiger partial charge in [0.25, 0.3) is 0 Å². The predicted octanol–water partition coefficient (Wildman–Crippen LogP) is 29.0. The summed E-state index contributed by atoms with van der Waals surface area (Å²) in [5.74, 6) is 0. The fraction of sp³-hybridized carbons (Fsp3) is 0.0588. The van der Waals surface area contributed by atoms with Gasteiger partial charge < -0.3 is 28.2 Å². The molecule has 0 saturated carbocycles. The lowest BCUT2D eigenvalue weighted by atomic mass is 9.82. The first-order valence-corrected chi connectivity index (χ1v) is 38.2. The minimum absolute atomic E-state index is 0.00202. The SMILES string of the molecule is Brc1ccc(-c2ccc3c(c2)c2ccccc2n3-c2ccccc2)cc1.CC1(C)c2ccccc2-c2ccc(N(c3ccc(-c4ccc5c(c4)c4ccccc4n5-c4ccccc4)cc3)c3cccc4oc5ccccc5c34)cc21.CC1(C)c2ccccc2-c2ccc(Nc3cccc4oc5ccccc5c34)cc21. The first-order valence-electron chi connectivity index (χ1n) is 37.4. The van der Waals surface area contributed by atoms with Gasteiger partial charge in [-0.3, -0.25) is 0 Å². The van der Waals surface area contributed by atoms with Crippen LogP contribution in [-0.2, 0) is 10.8 Å². The summed E-state index contributed by atoms with van der Waals surface area (Å²) in [4.78, 5) is 2.41. The van der Waals surface area contributed by atoms with Gasteiger partial charge in [0.15, 0.2) is 0 Å². The van der Waals surface area contributed by atoms with E-state index in [0.717, 1.165) is 76.8 Å². The molecule has 0 amide bonds. The van der Waals surface area contributed by atoms with E-state index >= 15 is 0 Å². The van der Waals surface area contributed by atoms with Crippen molar-refractivity contribution in [3.8, 4) is 55.9 Å². The molecule has 7 heteroatoms. The van der Waals surface area contributed by atoms with Crippen LogP contribution >= 0.6 is 15.9 Å². The molecule has 0 unspecified atom stereocenters. The molecule has 2 aliphatic carbocycles. The second-order valence-electron chi connectivity index (χ2n) is 29.7. The van der Waals surface area contributed by atoms with E-state index in [0.29, 0.717) is 0 Å². The molecule has 16 aromatic carbocycles. The maximum Gasteiger partial charge on any atom is 0.137 e. The lowest BCUT2D eigenvalue weighted by molar-refractivity contribution is 0.660. The van der Waals surface area contributed by atoms with Crippen molar-refractivity contribution in [2.45, 2.75) is 38.5 Å². The van der Waals surface area contributed by atoms with E-state index in [-0.39, 0.29) is 10.8 Å². The number of furan rings is 2. The zero-order valence-electron chi connectivity index (χ0n) is 60.7. The van der Waals surface area contributed by atoms with Gasteiger partial charge in [0.1, 0.15) is 22.3 Å². The van der Waals surface area contributed by atoms with Crippen molar-refractivity contribution in [2.75, 3.05) is 10.2 Å². The lowest BCUT2D eigenvalue weighted by Gasteiger charge is -2.28. The topological polar surface area (TPSA) is 51.4 Å². The molecule has 0 fully saturated rings. The number of anilines is 5. The molecule has 4 heterocycles. The molecule has 1 N–H and O–H groups in total. The van der Waals surface area contributed by atoms with Crippen molar-refractivity contribution in [2.24, 2.45) is 0 Å². The second-order valence-corrected chi connectivity index (χ2v) is 30.6. The van der Waals surface area contributed by atoms with Crippen LogP contribution in [0.1, 0.15) is 49.9 Å². The molecule has 109 heavy (non-hydrogen) atoms. The van der Waals surface area contributed by atoms with Gasteiger partial charge in [-0.05, 0) is 212 Å². The van der Waals surface area contributed by atoms with Crippen LogP contribution in [0.4, 0.5) is 28.4 Å². The van der Waals surface area contributed by atoms with Crippen LogP contribution in [0.2, 0.25) is 0 Å². The quantitative estimate of drug-likeness (QED) is 0.156. The summed E-state index contributed by atoms with van der Waals surface area (Å²) >= 11 is 3.52. The molecule has 0 spiro atoms. The Labute approximate surface area is 640 Å². The van der Waals surface area contributed by atoms with E-state index in [9.17, 15) is 0 Å². The fourth-order valence-corrected chi connectivity index (χ4v) is 17.7. The Morgan fingerprint density at radius 3 is 1.28 bits per heavy atom. The number of aromatic nitrogens is 2. The number of hydrogen-bond donors (Lipinski definition) is 1. The van der Waals surface area contributed by atoms with E-state index < -0.39 is 0 Å². The van der Waals surface area contributed by atoms with Crippen molar-refractivity contribution in [3.05, 3.63) is 391 Å². The zero-order valence-corrected chi connectivity index (χ0v) is 62.3. The highest BCUT2D eigenvalue weighted by Gasteiger charge is 2.37. The summed E-state index contributed by atoms with van der Waals surface area (Å²) in [6, 6.07) is 130. The van der Waals surface area contributed by atoms with Gasteiger partial charge in [0, 0.05) is 76.1 Å². The Morgan fingerprint density at radius 1 is 0.294 bits per heavy atom. The van der Waals surface area contributed by atoms with E-state index in [1.54, 1.807) is 0 Å². The maximum atomic E-state index is 6.41. The normalized spacial score (nSPS) is 13.0. The third kappa shape index (κ3) is 11.0. The van der Waals surface area contributed by atoms with Crippen LogP contribution < -0.4 is 10.2 Å².